The summed E-state index contributed by atoms with van der Waals surface area (Å²) in [6, 6.07) is 9.27. The first-order chi connectivity index (χ1) is 8.81. The Kier molecular flexibility index (Phi) is 2.41. The molecule has 2 N–H and O–H groups in total. The highest BCUT2D eigenvalue weighted by molar-refractivity contribution is 5.95. The van der Waals surface area contributed by atoms with Crippen molar-refractivity contribution in [3.05, 3.63) is 42.7 Å². The molecule has 18 heavy (non-hydrogen) atoms. The molecule has 0 saturated carbocycles. The lowest BCUT2D eigenvalue weighted by molar-refractivity contribution is 0.374. The van der Waals surface area contributed by atoms with Gasteiger partial charge in [-0.05, 0) is 18.2 Å². The van der Waals surface area contributed by atoms with E-state index >= 15 is 0 Å². The van der Waals surface area contributed by atoms with Crippen LogP contribution in [0.2, 0.25) is 0 Å². The number of phenols is 1. The zero-order chi connectivity index (χ0) is 12.5. The van der Waals surface area contributed by atoms with Crippen LogP contribution in [0.15, 0.2) is 42.7 Å². The van der Waals surface area contributed by atoms with E-state index in [1.165, 1.54) is 7.11 Å². The second kappa shape index (κ2) is 4.07. The minimum Gasteiger partial charge on any atom is -0.504 e. The Bertz CT molecular complexity index is 704. The number of ether oxygens (including phenoxy) is 1. The molecule has 0 saturated heterocycles. The van der Waals surface area contributed by atoms with Gasteiger partial charge in [-0.1, -0.05) is 12.1 Å². The minimum atomic E-state index is 0.143. The third-order valence-electron chi connectivity index (χ3n) is 2.96. The Balaban J connectivity index is 2.26. The van der Waals surface area contributed by atoms with Crippen LogP contribution in [-0.2, 0) is 0 Å². The Labute approximate surface area is 104 Å². The molecule has 90 valence electrons. The van der Waals surface area contributed by atoms with Crippen molar-refractivity contribution >= 4 is 11.0 Å². The monoisotopic (exact) mass is 240 g/mol. The number of pyridine rings is 1. The zero-order valence-electron chi connectivity index (χ0n) is 9.84. The van der Waals surface area contributed by atoms with Gasteiger partial charge in [-0.15, -0.1) is 0 Å². The van der Waals surface area contributed by atoms with Crippen LogP contribution < -0.4 is 4.74 Å². The summed E-state index contributed by atoms with van der Waals surface area (Å²) >= 11 is 0. The average Bonchev–Trinajstić information content (AvgIpc) is 2.83. The van der Waals surface area contributed by atoms with Gasteiger partial charge in [-0.25, -0.2) is 4.98 Å². The highest BCUT2D eigenvalue weighted by Gasteiger charge is 2.13. The summed E-state index contributed by atoms with van der Waals surface area (Å²) in [6.45, 7) is 0. The number of aromatic nitrogens is 2. The Morgan fingerprint density at radius 2 is 2.06 bits per heavy atom. The number of para-hydroxylation sites is 1. The molecule has 1 aromatic carbocycles. The van der Waals surface area contributed by atoms with Crippen molar-refractivity contribution < 1.29 is 9.84 Å². The number of methoxy groups -OCH3 is 1. The first kappa shape index (κ1) is 10.7. The highest BCUT2D eigenvalue weighted by Crippen LogP contribution is 2.39. The summed E-state index contributed by atoms with van der Waals surface area (Å²) < 4.78 is 5.12. The van der Waals surface area contributed by atoms with Crippen LogP contribution >= 0.6 is 0 Å². The van der Waals surface area contributed by atoms with Crippen LogP contribution in [0.4, 0.5) is 0 Å². The number of benzene rings is 1. The molecule has 2 aromatic heterocycles. The summed E-state index contributed by atoms with van der Waals surface area (Å²) in [5, 5.41) is 11.1. The number of phenolic OH excluding ortho intramolecular Hbond substituents is 1. The number of rotatable bonds is 2. The number of nitrogens with zero attached hydrogens (tertiary/aromatic N) is 1. The van der Waals surface area contributed by atoms with Crippen LogP contribution in [0.3, 0.4) is 0 Å². The van der Waals surface area contributed by atoms with E-state index < -0.39 is 0 Å². The molecule has 0 atom stereocenters. The molecular formula is C14H12N2O2. The number of fused-ring (bicyclic) bond motifs is 1. The van der Waals surface area contributed by atoms with Crippen molar-refractivity contribution in [3.63, 3.8) is 0 Å². The van der Waals surface area contributed by atoms with Crippen molar-refractivity contribution in [2.45, 2.75) is 0 Å². The quantitative estimate of drug-likeness (QED) is 0.724. The van der Waals surface area contributed by atoms with Crippen molar-refractivity contribution in [3.8, 4) is 22.6 Å². The lowest BCUT2D eigenvalue weighted by Crippen LogP contribution is -1.85. The van der Waals surface area contributed by atoms with Gasteiger partial charge in [0.05, 0.1) is 7.11 Å². The first-order valence-electron chi connectivity index (χ1n) is 5.59. The average molecular weight is 240 g/mol. The fourth-order valence-electron chi connectivity index (χ4n) is 2.08. The molecular weight excluding hydrogens is 228 g/mol. The zero-order valence-corrected chi connectivity index (χ0v) is 9.84. The second-order valence-corrected chi connectivity index (χ2v) is 3.96. The van der Waals surface area contributed by atoms with Gasteiger partial charge >= 0.3 is 0 Å². The number of H-pyrrole nitrogens is 1. The van der Waals surface area contributed by atoms with Crippen LogP contribution in [0, 0.1) is 0 Å². The maximum Gasteiger partial charge on any atom is 0.165 e. The van der Waals surface area contributed by atoms with Crippen LogP contribution in [0.1, 0.15) is 0 Å². The lowest BCUT2D eigenvalue weighted by Gasteiger charge is -2.07. The van der Waals surface area contributed by atoms with Gasteiger partial charge in [0.1, 0.15) is 5.65 Å². The van der Waals surface area contributed by atoms with E-state index in [1.54, 1.807) is 12.3 Å². The number of hydrogen-bond acceptors (Lipinski definition) is 3. The molecule has 0 amide bonds. The summed E-state index contributed by atoms with van der Waals surface area (Å²) in [7, 11) is 1.54. The molecule has 4 heteroatoms. The number of aromatic amines is 1. The van der Waals surface area contributed by atoms with E-state index in [2.05, 4.69) is 9.97 Å². The van der Waals surface area contributed by atoms with Gasteiger partial charge in [-0.3, -0.25) is 0 Å². The van der Waals surface area contributed by atoms with E-state index in [1.807, 2.05) is 30.5 Å². The van der Waals surface area contributed by atoms with Crippen molar-refractivity contribution in [2.75, 3.05) is 7.11 Å². The largest absolute Gasteiger partial charge is 0.504 e. The van der Waals surface area contributed by atoms with Crippen LogP contribution in [-0.4, -0.2) is 22.2 Å². The molecule has 0 fully saturated rings. The summed E-state index contributed by atoms with van der Waals surface area (Å²) in [4.78, 5) is 7.32. The Morgan fingerprint density at radius 1 is 1.17 bits per heavy atom. The third kappa shape index (κ3) is 1.50. The number of hydrogen-bond donors (Lipinski definition) is 2. The molecule has 0 aliphatic rings. The van der Waals surface area contributed by atoms with E-state index in [9.17, 15) is 5.11 Å². The smallest absolute Gasteiger partial charge is 0.165 e. The molecule has 0 aliphatic heterocycles. The normalized spacial score (nSPS) is 10.7. The summed E-state index contributed by atoms with van der Waals surface area (Å²) in [6.07, 6.45) is 3.57. The molecule has 3 aromatic rings. The fraction of sp³-hybridized carbons (Fsp3) is 0.0714. The third-order valence-corrected chi connectivity index (χ3v) is 2.96. The van der Waals surface area contributed by atoms with E-state index in [-0.39, 0.29) is 5.75 Å². The highest BCUT2D eigenvalue weighted by atomic mass is 16.5. The SMILES string of the molecule is COc1cccc(-c2c[nH]c3ncccc23)c1O. The Hall–Kier alpha value is -2.49. The molecule has 0 unspecified atom stereocenters. The molecule has 0 radical (unpaired) electrons. The standard InChI is InChI=1S/C14H12N2O2/c1-18-12-6-2-4-9(13(12)17)11-8-16-14-10(11)5-3-7-15-14/h2-8,17H,1H3,(H,15,16). The fourth-order valence-corrected chi connectivity index (χ4v) is 2.08. The van der Waals surface area contributed by atoms with Crippen molar-refractivity contribution in [1.29, 1.82) is 0 Å². The van der Waals surface area contributed by atoms with Crippen molar-refractivity contribution in [1.82, 2.24) is 9.97 Å². The maximum atomic E-state index is 10.2. The summed E-state index contributed by atoms with van der Waals surface area (Å²) in [5.74, 6) is 0.607. The number of nitrogens with one attached hydrogen (secondary N) is 1. The van der Waals surface area contributed by atoms with Crippen LogP contribution in [0.5, 0.6) is 11.5 Å². The van der Waals surface area contributed by atoms with Crippen molar-refractivity contribution in [2.24, 2.45) is 0 Å². The van der Waals surface area contributed by atoms with Gasteiger partial charge in [-0.2, -0.15) is 0 Å². The molecule has 2 heterocycles. The van der Waals surface area contributed by atoms with E-state index in [0.29, 0.717) is 5.75 Å². The molecule has 0 spiro atoms. The first-order valence-corrected chi connectivity index (χ1v) is 5.59. The molecule has 3 rings (SSSR count). The topological polar surface area (TPSA) is 58.1 Å². The van der Waals surface area contributed by atoms with Gasteiger partial charge in [0.2, 0.25) is 0 Å². The molecule has 0 aliphatic carbocycles. The predicted octanol–water partition coefficient (Wildman–Crippen LogP) is 2.94. The van der Waals surface area contributed by atoms with Gasteiger partial charge in [0.25, 0.3) is 0 Å². The second-order valence-electron chi connectivity index (χ2n) is 3.96. The van der Waals surface area contributed by atoms with E-state index in [4.69, 9.17) is 4.74 Å². The summed E-state index contributed by atoms with van der Waals surface area (Å²) in [5.41, 5.74) is 2.44. The number of aromatic hydroxyl groups is 1. The Morgan fingerprint density at radius 3 is 2.89 bits per heavy atom. The minimum absolute atomic E-state index is 0.143. The van der Waals surface area contributed by atoms with Gasteiger partial charge in [0, 0.05) is 28.9 Å². The lowest BCUT2D eigenvalue weighted by atomic mass is 10.0. The maximum absolute atomic E-state index is 10.2. The molecule has 4 nitrogen and oxygen atoms in total. The van der Waals surface area contributed by atoms with Gasteiger partial charge < -0.3 is 14.8 Å². The van der Waals surface area contributed by atoms with E-state index in [0.717, 1.165) is 22.2 Å². The predicted molar refractivity (Wildman–Crippen MR) is 69.7 cm³/mol. The molecule has 0 bridgehead atoms. The van der Waals surface area contributed by atoms with Crippen LogP contribution in [0.25, 0.3) is 22.2 Å². The van der Waals surface area contributed by atoms with Gasteiger partial charge in [0.15, 0.2) is 11.5 Å².